The van der Waals surface area contributed by atoms with Crippen molar-refractivity contribution in [2.45, 2.75) is 70.6 Å². The summed E-state index contributed by atoms with van der Waals surface area (Å²) in [6.07, 6.45) is 1.25. The summed E-state index contributed by atoms with van der Waals surface area (Å²) in [5.74, 6) is -1.65. The van der Waals surface area contributed by atoms with E-state index in [0.29, 0.717) is 42.5 Å². The highest BCUT2D eigenvalue weighted by atomic mass is 19.1. The number of nitrogens with zero attached hydrogens (tertiary/aromatic N) is 1. The molecule has 0 saturated carbocycles. The van der Waals surface area contributed by atoms with E-state index in [2.05, 4.69) is 10.6 Å². The molecule has 3 amide bonds. The van der Waals surface area contributed by atoms with Gasteiger partial charge in [-0.1, -0.05) is 43.3 Å². The first-order chi connectivity index (χ1) is 19.0. The lowest BCUT2D eigenvalue weighted by Gasteiger charge is -2.44. The van der Waals surface area contributed by atoms with Crippen LogP contribution in [-0.4, -0.2) is 64.7 Å². The highest BCUT2D eigenvalue weighted by Crippen LogP contribution is 2.44. The van der Waals surface area contributed by atoms with E-state index in [0.717, 1.165) is 12.0 Å². The van der Waals surface area contributed by atoms with Crippen molar-refractivity contribution in [3.63, 3.8) is 0 Å². The number of halogens is 1. The minimum Gasteiger partial charge on any atom is -0.465 e. The smallest absolute Gasteiger partial charge is 0.404 e. The topological polar surface area (TPSA) is 145 Å². The van der Waals surface area contributed by atoms with Crippen molar-refractivity contribution < 1.29 is 29.0 Å². The van der Waals surface area contributed by atoms with Crippen LogP contribution in [0.15, 0.2) is 42.5 Å². The number of hydrogen-bond donors (Lipinski definition) is 5. The maximum absolute atomic E-state index is 15.5. The average molecular weight is 557 g/mol. The van der Waals surface area contributed by atoms with Crippen LogP contribution in [0.3, 0.4) is 0 Å². The fraction of sp³-hybridized carbons (Fsp3) is 0.500. The van der Waals surface area contributed by atoms with Crippen LogP contribution in [0.1, 0.15) is 57.6 Å². The summed E-state index contributed by atoms with van der Waals surface area (Å²) in [5.41, 5.74) is 6.45. The number of piperidine rings is 1. The molecule has 3 rings (SSSR count). The number of hydrogen-bond acceptors (Lipinski definition) is 5. The number of nitrogens with one attached hydrogen (secondary N) is 2. The van der Waals surface area contributed by atoms with Gasteiger partial charge in [0, 0.05) is 31.1 Å². The Bertz CT molecular complexity index is 1210. The number of carboxylic acid groups (broad SMARTS) is 1. The van der Waals surface area contributed by atoms with Crippen LogP contribution in [0.4, 0.5) is 9.18 Å². The van der Waals surface area contributed by atoms with Crippen LogP contribution in [0.2, 0.25) is 0 Å². The molecule has 0 unspecified atom stereocenters. The molecule has 1 saturated heterocycles. The van der Waals surface area contributed by atoms with Gasteiger partial charge in [-0.3, -0.25) is 9.59 Å². The predicted octanol–water partition coefficient (Wildman–Crippen LogP) is 3.38. The Balaban J connectivity index is 1.99. The monoisotopic (exact) mass is 556 g/mol. The predicted molar refractivity (Wildman–Crippen MR) is 151 cm³/mol. The Morgan fingerprint density at radius 1 is 1.20 bits per heavy atom. The third kappa shape index (κ3) is 7.37. The first-order valence-electron chi connectivity index (χ1n) is 13.9. The van der Waals surface area contributed by atoms with Gasteiger partial charge in [0.1, 0.15) is 11.9 Å². The van der Waals surface area contributed by atoms with Gasteiger partial charge in [-0.05, 0) is 68.7 Å². The van der Waals surface area contributed by atoms with Crippen LogP contribution in [-0.2, 0) is 21.6 Å². The van der Waals surface area contributed by atoms with E-state index in [1.54, 1.807) is 24.0 Å². The molecule has 0 spiro atoms. The number of aryl methyl sites for hydroxylation is 1. The van der Waals surface area contributed by atoms with Gasteiger partial charge >= 0.3 is 6.09 Å². The molecule has 10 heteroatoms. The maximum Gasteiger partial charge on any atom is 0.404 e. The largest absolute Gasteiger partial charge is 0.465 e. The van der Waals surface area contributed by atoms with E-state index < -0.39 is 41.4 Å². The lowest BCUT2D eigenvalue weighted by Crippen LogP contribution is -2.54. The van der Waals surface area contributed by atoms with E-state index >= 15 is 4.39 Å². The zero-order valence-electron chi connectivity index (χ0n) is 23.5. The quantitative estimate of drug-likeness (QED) is 0.268. The van der Waals surface area contributed by atoms with E-state index in [4.69, 9.17) is 10.8 Å². The Hall–Kier alpha value is -3.50. The highest BCUT2D eigenvalue weighted by molar-refractivity contribution is 5.89. The minimum atomic E-state index is -1.56. The number of rotatable bonds is 11. The van der Waals surface area contributed by atoms with Gasteiger partial charge in [0.25, 0.3) is 0 Å². The normalized spacial score (nSPS) is 18.4. The molecule has 0 aliphatic carbocycles. The summed E-state index contributed by atoms with van der Waals surface area (Å²) in [7, 11) is 0. The number of carbonyl (C=O) groups is 3. The second kappa shape index (κ2) is 13.7. The summed E-state index contributed by atoms with van der Waals surface area (Å²) in [5, 5.41) is 26.4. The zero-order valence-corrected chi connectivity index (χ0v) is 23.5. The number of carbonyl (C=O) groups excluding carboxylic acids is 2. The van der Waals surface area contributed by atoms with Crippen LogP contribution >= 0.6 is 0 Å². The summed E-state index contributed by atoms with van der Waals surface area (Å²) in [6, 6.07) is 10.6. The van der Waals surface area contributed by atoms with Crippen LogP contribution < -0.4 is 16.4 Å². The number of likely N-dealkylation sites (tertiary alicyclic amines) is 1. The summed E-state index contributed by atoms with van der Waals surface area (Å²) >= 11 is 0. The van der Waals surface area contributed by atoms with Crippen LogP contribution in [0.5, 0.6) is 0 Å². The maximum atomic E-state index is 15.5. The molecule has 2 aromatic rings. The van der Waals surface area contributed by atoms with Crippen LogP contribution in [0.25, 0.3) is 11.1 Å². The van der Waals surface area contributed by atoms with Gasteiger partial charge in [-0.25, -0.2) is 9.18 Å². The van der Waals surface area contributed by atoms with Gasteiger partial charge in [-0.15, -0.1) is 0 Å². The number of amides is 3. The third-order valence-electron chi connectivity index (χ3n) is 7.67. The molecular formula is C30H41FN4O5. The molecule has 1 aliphatic heterocycles. The van der Waals surface area contributed by atoms with Gasteiger partial charge in [-0.2, -0.15) is 0 Å². The van der Waals surface area contributed by atoms with Crippen molar-refractivity contribution in [1.82, 2.24) is 15.5 Å². The van der Waals surface area contributed by atoms with E-state index in [9.17, 15) is 19.5 Å². The van der Waals surface area contributed by atoms with Crippen molar-refractivity contribution >= 4 is 17.9 Å². The standard InChI is InChI=1S/C30H41FN4O5/c1-4-21-9-5-10-22(17-21)26-24(12-6-13-25(26)31)30(40,14-8-15-33-29(38)39)23-11-7-16-35(18-23)28(37)20(3)34-27(36)19(2)32/h5-6,9-10,12-13,17,19-20,23,33,40H,4,7-8,11,14-16,18,32H2,1-3H3,(H,34,36)(H,38,39)/t19-,20-,23+,30-/m0/s1. The Morgan fingerprint density at radius 3 is 2.60 bits per heavy atom. The molecule has 0 aromatic heterocycles. The molecule has 1 heterocycles. The molecule has 40 heavy (non-hydrogen) atoms. The first-order valence-corrected chi connectivity index (χ1v) is 13.9. The summed E-state index contributed by atoms with van der Waals surface area (Å²) in [6.45, 7) is 5.92. The van der Waals surface area contributed by atoms with Gasteiger partial charge in [0.05, 0.1) is 11.6 Å². The third-order valence-corrected chi connectivity index (χ3v) is 7.67. The second-order valence-electron chi connectivity index (χ2n) is 10.6. The van der Waals surface area contributed by atoms with E-state index in [1.165, 1.54) is 13.0 Å². The fourth-order valence-electron chi connectivity index (χ4n) is 5.48. The fourth-order valence-corrected chi connectivity index (χ4v) is 5.48. The number of nitrogens with two attached hydrogens (primary N) is 1. The minimum absolute atomic E-state index is 0.114. The molecule has 6 N–H and O–H groups in total. The first kappa shape index (κ1) is 31.0. The zero-order chi connectivity index (χ0) is 29.4. The summed E-state index contributed by atoms with van der Waals surface area (Å²) < 4.78 is 15.5. The molecule has 4 atom stereocenters. The summed E-state index contributed by atoms with van der Waals surface area (Å²) in [4.78, 5) is 38.0. The molecular weight excluding hydrogens is 515 g/mol. The Morgan fingerprint density at radius 2 is 1.93 bits per heavy atom. The van der Waals surface area contributed by atoms with Crippen molar-refractivity contribution in [3.8, 4) is 11.1 Å². The molecule has 0 bridgehead atoms. The molecule has 218 valence electrons. The SMILES string of the molecule is CCc1cccc(-c2c(F)cccc2[C@](O)(CCCNC(=O)O)[C@@H]2CCCN(C(=O)[C@H](C)NC(=O)[C@H](C)N)C2)c1. The molecule has 1 aliphatic rings. The Kier molecular flexibility index (Phi) is 10.6. The number of aliphatic hydroxyl groups is 1. The van der Waals surface area contributed by atoms with E-state index in [-0.39, 0.29) is 25.4 Å². The molecule has 1 fully saturated rings. The number of benzene rings is 2. The van der Waals surface area contributed by atoms with Gasteiger partial charge in [0.2, 0.25) is 11.8 Å². The van der Waals surface area contributed by atoms with Crippen molar-refractivity contribution in [2.24, 2.45) is 11.7 Å². The Labute approximate surface area is 234 Å². The van der Waals surface area contributed by atoms with Crippen molar-refractivity contribution in [1.29, 1.82) is 0 Å². The van der Waals surface area contributed by atoms with Gasteiger partial charge in [0.15, 0.2) is 0 Å². The van der Waals surface area contributed by atoms with Crippen molar-refractivity contribution in [3.05, 3.63) is 59.4 Å². The molecule has 0 radical (unpaired) electrons. The second-order valence-corrected chi connectivity index (χ2v) is 10.6. The molecule has 9 nitrogen and oxygen atoms in total. The lowest BCUT2D eigenvalue weighted by atomic mass is 9.72. The lowest BCUT2D eigenvalue weighted by molar-refractivity contribution is -0.140. The average Bonchev–Trinajstić information content (AvgIpc) is 2.94. The highest BCUT2D eigenvalue weighted by Gasteiger charge is 2.43. The molecule has 2 aromatic carbocycles. The van der Waals surface area contributed by atoms with Crippen molar-refractivity contribution in [2.75, 3.05) is 19.6 Å². The van der Waals surface area contributed by atoms with Gasteiger partial charge < -0.3 is 31.5 Å². The van der Waals surface area contributed by atoms with E-state index in [1.807, 2.05) is 31.2 Å². The van der Waals surface area contributed by atoms with Crippen LogP contribution in [0, 0.1) is 11.7 Å².